The smallest absolute Gasteiger partial charge is 0.341 e. The number of esters is 1. The zero-order valence-corrected chi connectivity index (χ0v) is 26.6. The highest BCUT2D eigenvalue weighted by atomic mass is 79.9. The second-order valence-electron chi connectivity index (χ2n) is 10.1. The van der Waals surface area contributed by atoms with Crippen LogP contribution in [0.25, 0.3) is 0 Å². The number of methoxy groups -OCH3 is 2. The number of nitrogens with zero attached hydrogens (tertiary/aromatic N) is 2. The van der Waals surface area contributed by atoms with Gasteiger partial charge in [0, 0.05) is 27.4 Å². The minimum absolute atomic E-state index is 0.0583. The number of hydrogen-bond acceptors (Lipinski definition) is 7. The van der Waals surface area contributed by atoms with Crippen molar-refractivity contribution in [1.29, 1.82) is 0 Å². The molecule has 1 fully saturated rings. The summed E-state index contributed by atoms with van der Waals surface area (Å²) >= 11 is 5.22. The van der Waals surface area contributed by atoms with Gasteiger partial charge in [-0.05, 0) is 85.5 Å². The monoisotopic (exact) mass is 659 g/mol. The molecule has 1 aliphatic rings. The zero-order chi connectivity index (χ0) is 30.2. The summed E-state index contributed by atoms with van der Waals surface area (Å²) in [4.78, 5) is 30.5. The van der Waals surface area contributed by atoms with Crippen LogP contribution in [0.2, 0.25) is 0 Å². The van der Waals surface area contributed by atoms with E-state index in [2.05, 4.69) is 56.6 Å². The Hall–Kier alpha value is -3.95. The number of hydrazine groups is 1. The van der Waals surface area contributed by atoms with Crippen LogP contribution in [0.1, 0.15) is 35.2 Å². The van der Waals surface area contributed by atoms with Crippen LogP contribution in [0.15, 0.2) is 105 Å². The number of rotatable bonds is 10. The first-order valence-electron chi connectivity index (χ1n) is 14.2. The minimum atomic E-state index is -0.511. The van der Waals surface area contributed by atoms with Gasteiger partial charge >= 0.3 is 5.97 Å². The molecule has 0 aromatic heterocycles. The average molecular weight is 661 g/mol. The van der Waals surface area contributed by atoms with E-state index < -0.39 is 5.97 Å². The normalized spacial score (nSPS) is 12.9. The second kappa shape index (κ2) is 14.5. The summed E-state index contributed by atoms with van der Waals surface area (Å²) in [5.41, 5.74) is 6.95. The van der Waals surface area contributed by atoms with Crippen LogP contribution >= 0.6 is 27.7 Å². The Morgan fingerprint density at radius 1 is 0.884 bits per heavy atom. The van der Waals surface area contributed by atoms with Crippen molar-refractivity contribution >= 4 is 56.6 Å². The third-order valence-corrected chi connectivity index (χ3v) is 9.01. The molecular formula is C34H34BrN3O4S. The number of piperidine rings is 1. The average Bonchev–Trinajstić information content (AvgIpc) is 3.05. The first-order valence-corrected chi connectivity index (χ1v) is 15.8. The Labute approximate surface area is 265 Å². The van der Waals surface area contributed by atoms with E-state index in [-0.39, 0.29) is 17.9 Å². The molecule has 5 rings (SSSR count). The number of carbonyl (C=O) groups is 2. The van der Waals surface area contributed by atoms with Crippen LogP contribution < -0.4 is 20.1 Å². The number of carbonyl (C=O) groups excluding carboxylic acids is 2. The fourth-order valence-electron chi connectivity index (χ4n) is 5.11. The SMILES string of the molecule is COC(=O)c1cc(Br)c(CC(=O)NN(c2ccc(Sc3ccccc3)cc2)c2ccccc2N2CCCCC2)cc1OC. The van der Waals surface area contributed by atoms with E-state index in [0.717, 1.165) is 52.8 Å². The van der Waals surface area contributed by atoms with Crippen LogP contribution in [0.4, 0.5) is 17.1 Å². The molecule has 9 heteroatoms. The summed E-state index contributed by atoms with van der Waals surface area (Å²) < 4.78 is 10.9. The summed E-state index contributed by atoms with van der Waals surface area (Å²) in [7, 11) is 2.80. The van der Waals surface area contributed by atoms with Gasteiger partial charge in [0.15, 0.2) is 0 Å². The predicted molar refractivity (Wildman–Crippen MR) is 176 cm³/mol. The minimum Gasteiger partial charge on any atom is -0.496 e. The van der Waals surface area contributed by atoms with Gasteiger partial charge in [0.05, 0.1) is 37.7 Å². The van der Waals surface area contributed by atoms with E-state index in [0.29, 0.717) is 15.8 Å². The molecule has 0 unspecified atom stereocenters. The lowest BCUT2D eigenvalue weighted by atomic mass is 10.1. The second-order valence-corrected chi connectivity index (χ2v) is 12.1. The van der Waals surface area contributed by atoms with Crippen molar-refractivity contribution in [2.24, 2.45) is 0 Å². The molecule has 7 nitrogen and oxygen atoms in total. The van der Waals surface area contributed by atoms with Gasteiger partial charge in [-0.3, -0.25) is 15.2 Å². The highest BCUT2D eigenvalue weighted by Gasteiger charge is 2.23. The maximum Gasteiger partial charge on any atom is 0.341 e. The summed E-state index contributed by atoms with van der Waals surface area (Å²) in [6.07, 6.45) is 3.57. The zero-order valence-electron chi connectivity index (χ0n) is 24.2. The van der Waals surface area contributed by atoms with Crippen LogP contribution in [0, 0.1) is 0 Å². The Balaban J connectivity index is 1.45. The van der Waals surface area contributed by atoms with Crippen LogP contribution in [-0.4, -0.2) is 39.2 Å². The molecule has 0 saturated carbocycles. The van der Waals surface area contributed by atoms with E-state index >= 15 is 0 Å². The van der Waals surface area contributed by atoms with Crippen LogP contribution in [-0.2, 0) is 16.0 Å². The molecule has 0 radical (unpaired) electrons. The molecule has 0 atom stereocenters. The lowest BCUT2D eigenvalue weighted by Crippen LogP contribution is -2.41. The Morgan fingerprint density at radius 2 is 1.56 bits per heavy atom. The first kappa shape index (κ1) is 30.5. The van der Waals surface area contributed by atoms with Gasteiger partial charge in [-0.15, -0.1) is 0 Å². The number of benzene rings is 4. The standard InChI is InChI=1S/C34H34BrN3O4S/c1-41-32-21-24(29(35)23-28(32)34(40)42-2)22-33(39)36-38(31-14-8-7-13-30(31)37-19-9-4-10-20-37)25-15-17-27(18-16-25)43-26-11-5-3-6-12-26/h3,5-8,11-18,21,23H,4,9-10,19-20,22H2,1-2H3,(H,36,39). The maximum absolute atomic E-state index is 13.7. The summed E-state index contributed by atoms with van der Waals surface area (Å²) in [6, 6.07) is 30.0. The fraction of sp³-hybridized carbons (Fsp3) is 0.235. The van der Waals surface area contributed by atoms with Gasteiger partial charge in [0.25, 0.3) is 0 Å². The van der Waals surface area contributed by atoms with E-state index in [4.69, 9.17) is 9.47 Å². The molecule has 4 aromatic rings. The highest BCUT2D eigenvalue weighted by Crippen LogP contribution is 2.36. The number of ether oxygens (including phenoxy) is 2. The summed E-state index contributed by atoms with van der Waals surface area (Å²) in [5, 5.41) is 1.87. The molecule has 0 spiro atoms. The molecule has 43 heavy (non-hydrogen) atoms. The van der Waals surface area contributed by atoms with Gasteiger partial charge in [-0.25, -0.2) is 4.79 Å². The van der Waals surface area contributed by atoms with Crippen molar-refractivity contribution in [3.63, 3.8) is 0 Å². The summed E-state index contributed by atoms with van der Waals surface area (Å²) in [6.45, 7) is 1.95. The molecular weight excluding hydrogens is 626 g/mol. The lowest BCUT2D eigenvalue weighted by molar-refractivity contribution is -0.120. The molecule has 1 aliphatic heterocycles. The topological polar surface area (TPSA) is 71.1 Å². The predicted octanol–water partition coefficient (Wildman–Crippen LogP) is 7.80. The molecule has 4 aromatic carbocycles. The third-order valence-electron chi connectivity index (χ3n) is 7.25. The van der Waals surface area contributed by atoms with Gasteiger partial charge in [0.2, 0.25) is 5.91 Å². The molecule has 222 valence electrons. The highest BCUT2D eigenvalue weighted by molar-refractivity contribution is 9.10. The van der Waals surface area contributed by atoms with Crippen molar-refractivity contribution in [3.8, 4) is 5.75 Å². The number of nitrogens with one attached hydrogen (secondary N) is 1. The lowest BCUT2D eigenvalue weighted by Gasteiger charge is -2.34. The van der Waals surface area contributed by atoms with E-state index in [9.17, 15) is 9.59 Å². The van der Waals surface area contributed by atoms with Gasteiger partial charge in [-0.2, -0.15) is 0 Å². The van der Waals surface area contributed by atoms with Gasteiger partial charge < -0.3 is 14.4 Å². The molecule has 0 bridgehead atoms. The number of halogens is 1. The Bertz CT molecular complexity index is 1560. The van der Waals surface area contributed by atoms with Gasteiger partial charge in [0.1, 0.15) is 11.3 Å². The maximum atomic E-state index is 13.7. The first-order chi connectivity index (χ1) is 21.0. The number of amides is 1. The Kier molecular flexibility index (Phi) is 10.3. The Morgan fingerprint density at radius 3 is 2.26 bits per heavy atom. The quantitative estimate of drug-likeness (QED) is 0.138. The number of anilines is 3. The largest absolute Gasteiger partial charge is 0.496 e. The van der Waals surface area contributed by atoms with E-state index in [1.165, 1.54) is 20.6 Å². The van der Waals surface area contributed by atoms with Crippen molar-refractivity contribution in [3.05, 3.63) is 107 Å². The van der Waals surface area contributed by atoms with E-state index in [1.54, 1.807) is 23.9 Å². The van der Waals surface area contributed by atoms with Crippen LogP contribution in [0.3, 0.4) is 0 Å². The number of para-hydroxylation sites is 2. The fourth-order valence-corrected chi connectivity index (χ4v) is 6.43. The van der Waals surface area contributed by atoms with Crippen molar-refractivity contribution in [2.75, 3.05) is 37.2 Å². The molecule has 0 aliphatic carbocycles. The van der Waals surface area contributed by atoms with Crippen molar-refractivity contribution in [1.82, 2.24) is 5.43 Å². The van der Waals surface area contributed by atoms with E-state index in [1.807, 2.05) is 53.5 Å². The van der Waals surface area contributed by atoms with Crippen molar-refractivity contribution < 1.29 is 19.1 Å². The molecule has 1 saturated heterocycles. The van der Waals surface area contributed by atoms with Gasteiger partial charge in [-0.1, -0.05) is 58.0 Å². The molecule has 1 N–H and O–H groups in total. The summed E-state index contributed by atoms with van der Waals surface area (Å²) in [5.74, 6) is -0.385. The number of hydrogen-bond donors (Lipinski definition) is 1. The van der Waals surface area contributed by atoms with Crippen molar-refractivity contribution in [2.45, 2.75) is 35.5 Å². The third kappa shape index (κ3) is 7.53. The van der Waals surface area contributed by atoms with Crippen LogP contribution in [0.5, 0.6) is 5.75 Å². The molecule has 1 heterocycles. The molecule has 1 amide bonds.